The molecule has 1 N–H and O–H groups in total. The van der Waals surface area contributed by atoms with Gasteiger partial charge in [-0.3, -0.25) is 28.8 Å². The normalized spacial score (nSPS) is 20.3. The molecular formula is C116H135N6O21+. The minimum atomic E-state index is -1.23. The summed E-state index contributed by atoms with van der Waals surface area (Å²) in [6.07, 6.45) is 23.8. The SMILES string of the molecule is C.C.CC(=O)OCCC1CCCCN1c1ccc2c(-c3ccccc3C(=O)O)c3ccc(=[N+]4CCCCC4CCOC(C)=O)cc-3oc2c1.CC(=O)OCCC1CCCCN1c1ccc2c(-c3ccccc3C(=O)[O-])c3ccc(=[N+]4CCCCC4CCOC(C)=O)cc-3oc2c1.CC(=O)OCCC1CCCCN1c1ccc2c(c1)Oc1cc(N3CCCCC3CCOC(C)=O)ccc1C21OC(=O)c2ccccc21. The number of rotatable bonds is 26. The smallest absolute Gasteiger partial charge is 0.340 e. The summed E-state index contributed by atoms with van der Waals surface area (Å²) in [7, 11) is 0. The lowest BCUT2D eigenvalue weighted by atomic mass is 9.77. The Hall–Kier alpha value is -13.9. The van der Waals surface area contributed by atoms with Crippen LogP contribution in [0.5, 0.6) is 11.5 Å². The second-order valence-corrected chi connectivity index (χ2v) is 38.3. The number of hydrogen-bond donors (Lipinski definition) is 1. The number of fused-ring (bicyclic) bond motifs is 10. The predicted octanol–water partition coefficient (Wildman–Crippen LogP) is 19.8. The molecule has 143 heavy (non-hydrogen) atoms. The number of carbonyl (C=O) groups is 9. The van der Waals surface area contributed by atoms with Gasteiger partial charge in [0.25, 0.3) is 0 Å². The lowest BCUT2D eigenvalue weighted by molar-refractivity contribution is -0.255. The number of piperidine rings is 6. The quantitative estimate of drug-likeness (QED) is 0.0228. The number of nitrogens with zero attached hydrogens (tertiary/aromatic N) is 6. The number of benzene rings is 9. The minimum absolute atomic E-state index is 0. The van der Waals surface area contributed by atoms with E-state index in [0.29, 0.717) is 90.5 Å². The predicted molar refractivity (Wildman–Crippen MR) is 549 cm³/mol. The second-order valence-electron chi connectivity index (χ2n) is 38.3. The van der Waals surface area contributed by atoms with Gasteiger partial charge in [-0.05, 0) is 174 Å². The van der Waals surface area contributed by atoms with E-state index in [9.17, 15) is 53.4 Å². The van der Waals surface area contributed by atoms with E-state index in [0.717, 1.165) is 277 Å². The van der Waals surface area contributed by atoms with Crippen LogP contribution in [0.1, 0.15) is 258 Å². The zero-order valence-electron chi connectivity index (χ0n) is 81.5. The van der Waals surface area contributed by atoms with Gasteiger partial charge in [0.2, 0.25) is 10.7 Å². The fourth-order valence-corrected chi connectivity index (χ4v) is 22.7. The van der Waals surface area contributed by atoms with Crippen LogP contribution in [0.15, 0.2) is 191 Å². The first-order valence-corrected chi connectivity index (χ1v) is 50.5. The fraction of sp³-hybridized carbons (Fsp3) is 0.440. The van der Waals surface area contributed by atoms with Crippen LogP contribution in [0.4, 0.5) is 22.7 Å². The van der Waals surface area contributed by atoms with Crippen LogP contribution in [0.25, 0.3) is 66.8 Å². The maximum Gasteiger partial charge on any atom is 0.340 e. The molecule has 27 nitrogen and oxygen atoms in total. The molecule has 0 bridgehead atoms. The van der Waals surface area contributed by atoms with Gasteiger partial charge in [-0.2, -0.15) is 0 Å². The van der Waals surface area contributed by atoms with Crippen LogP contribution < -0.4 is 49.3 Å². The minimum Gasteiger partial charge on any atom is -0.545 e. The number of esters is 7. The van der Waals surface area contributed by atoms with Crippen LogP contribution in [0.2, 0.25) is 0 Å². The van der Waals surface area contributed by atoms with E-state index in [-0.39, 0.29) is 104 Å². The Morgan fingerprint density at radius 1 is 0.371 bits per heavy atom. The summed E-state index contributed by atoms with van der Waals surface area (Å²) >= 11 is 0. The fourth-order valence-electron chi connectivity index (χ4n) is 22.7. The number of carbonyl (C=O) groups excluding carboxylic acids is 8. The van der Waals surface area contributed by atoms with Gasteiger partial charge in [0.1, 0.15) is 47.3 Å². The third-order valence-electron chi connectivity index (χ3n) is 29.2. The number of anilines is 4. The van der Waals surface area contributed by atoms with Crippen molar-refractivity contribution in [1.29, 1.82) is 0 Å². The van der Waals surface area contributed by atoms with E-state index in [1.165, 1.54) is 41.5 Å². The lowest BCUT2D eigenvalue weighted by Crippen LogP contribution is -2.43. The third-order valence-corrected chi connectivity index (χ3v) is 29.2. The molecule has 1 spiro atoms. The Labute approximate surface area is 836 Å². The van der Waals surface area contributed by atoms with Crippen molar-refractivity contribution in [2.24, 2.45) is 0 Å². The molecule has 0 amide bonds. The number of carboxylic acids is 2. The van der Waals surface area contributed by atoms with Gasteiger partial charge >= 0.3 is 47.8 Å². The third kappa shape index (κ3) is 23.6. The molecule has 7 aromatic carbocycles. The summed E-state index contributed by atoms with van der Waals surface area (Å²) in [5, 5.41) is 26.2. The van der Waals surface area contributed by atoms with E-state index >= 15 is 0 Å². The van der Waals surface area contributed by atoms with Crippen LogP contribution >= 0.6 is 0 Å². The summed E-state index contributed by atoms with van der Waals surface area (Å²) < 4.78 is 63.2. The molecule has 10 heterocycles. The highest BCUT2D eigenvalue weighted by molar-refractivity contribution is 6.09. The van der Waals surface area contributed by atoms with Crippen molar-refractivity contribution < 1.29 is 100 Å². The molecule has 10 aliphatic heterocycles. The van der Waals surface area contributed by atoms with Gasteiger partial charge in [-0.25, -0.2) is 18.7 Å². The average Bonchev–Trinajstić information content (AvgIpc) is 1.56. The Kier molecular flexibility index (Phi) is 34.3. The Balaban J connectivity index is 0.000000160. The van der Waals surface area contributed by atoms with Crippen molar-refractivity contribution in [3.8, 4) is 56.4 Å². The molecule has 0 radical (unpaired) electrons. The largest absolute Gasteiger partial charge is 0.545 e. The molecule has 27 heteroatoms. The highest BCUT2D eigenvalue weighted by atomic mass is 16.6. The van der Waals surface area contributed by atoms with Gasteiger partial charge in [-0.15, -0.1) is 0 Å². The monoisotopic (exact) mass is 1950 g/mol. The van der Waals surface area contributed by atoms with E-state index in [2.05, 4.69) is 102 Å². The van der Waals surface area contributed by atoms with Crippen molar-refractivity contribution in [3.63, 3.8) is 0 Å². The molecule has 0 aromatic heterocycles. The van der Waals surface area contributed by atoms with Gasteiger partial charge < -0.3 is 81.3 Å². The standard InChI is InChI=1S/3C38H42N2O7.2CH4/c1-25(41)44-21-17-27-9-5-7-19-39(27)29-13-15-33-35(23-29)46-36-24-30(40-20-8-6-10-28(40)18-22-45-26(2)42)14-16-34(36)38(33)32-12-4-3-11-31(32)37(43)47-38;2*1-25(41)45-21-17-27-9-5-7-19-39(27)29-13-15-33-35(23-29)47-36-24-30(40-20-8-6-10-28(40)18-22-46-26(2)42)14-16-34(36)37(33)31-11-3-4-12-32(31)38(43)44;;/h3*3-4,11-16,23-24,27-28H,5-10,17-22H2,1-2H3;2*1H4/p+1. The van der Waals surface area contributed by atoms with Crippen LogP contribution in [0, 0.1) is 0 Å². The van der Waals surface area contributed by atoms with Crippen molar-refractivity contribution in [3.05, 3.63) is 226 Å². The van der Waals surface area contributed by atoms with Crippen LogP contribution in [0.3, 0.4) is 0 Å². The molecular weight excluding hydrogens is 1810 g/mol. The Morgan fingerprint density at radius 2 is 0.713 bits per heavy atom. The van der Waals surface area contributed by atoms with Crippen molar-refractivity contribution in [1.82, 2.24) is 9.15 Å². The van der Waals surface area contributed by atoms with Crippen molar-refractivity contribution in [2.45, 2.75) is 252 Å². The first-order chi connectivity index (χ1) is 68.4. The maximum absolute atomic E-state index is 13.4. The summed E-state index contributed by atoms with van der Waals surface area (Å²) in [4.78, 5) is 116. The molecule has 6 unspecified atom stereocenters. The van der Waals surface area contributed by atoms with Crippen LogP contribution in [-0.2, 0) is 67.5 Å². The molecule has 6 saturated heterocycles. The summed E-state index contributed by atoms with van der Waals surface area (Å²) in [5.74, 6) is -1.51. The van der Waals surface area contributed by atoms with E-state index < -0.39 is 17.5 Å². The zero-order chi connectivity index (χ0) is 98.4. The summed E-state index contributed by atoms with van der Waals surface area (Å²) in [5.41, 5.74) is 12.1. The summed E-state index contributed by atoms with van der Waals surface area (Å²) in [6, 6.07) is 60.3. The molecule has 6 atom stereocenters. The highest BCUT2D eigenvalue weighted by Crippen LogP contribution is 2.58. The first kappa shape index (κ1) is 104. The number of aromatic carboxylic acids is 2. The Morgan fingerprint density at radius 3 is 1.10 bits per heavy atom. The molecule has 6 fully saturated rings. The Bertz CT molecular complexity index is 6220. The van der Waals surface area contributed by atoms with E-state index in [4.69, 9.17) is 46.7 Å². The number of carboxylic acid groups (broad SMARTS) is 2. The number of ether oxygens (including phenoxy) is 8. The van der Waals surface area contributed by atoms with Gasteiger partial charge in [-0.1, -0.05) is 75.5 Å². The second kappa shape index (κ2) is 47.4. The highest BCUT2D eigenvalue weighted by Gasteiger charge is 2.54. The maximum atomic E-state index is 13.4. The molecule has 7 aromatic rings. The van der Waals surface area contributed by atoms with E-state index in [1.54, 1.807) is 24.3 Å². The van der Waals surface area contributed by atoms with Crippen molar-refractivity contribution >= 4 is 98.4 Å². The average molecular weight is 1950 g/mol. The topological polar surface area (TPSA) is 316 Å². The van der Waals surface area contributed by atoms with Gasteiger partial charge in [0.15, 0.2) is 17.7 Å². The molecule has 19 rings (SSSR count). The first-order valence-electron chi connectivity index (χ1n) is 50.5. The molecule has 2 aliphatic carbocycles. The van der Waals surface area contributed by atoms with Gasteiger partial charge in [0.05, 0.1) is 68.9 Å². The molecule has 12 aliphatic rings. The molecule has 754 valence electrons. The summed E-state index contributed by atoms with van der Waals surface area (Å²) in [6.45, 7) is 16.3. The van der Waals surface area contributed by atoms with Gasteiger partial charge in [0, 0.05) is 271 Å². The van der Waals surface area contributed by atoms with Crippen LogP contribution in [-0.4, -0.2) is 174 Å². The number of hydrogen-bond acceptors (Lipinski definition) is 24. The zero-order valence-corrected chi connectivity index (χ0v) is 81.5. The molecule has 0 saturated carbocycles. The van der Waals surface area contributed by atoms with Crippen molar-refractivity contribution in [2.75, 3.05) is 98.5 Å². The lowest BCUT2D eigenvalue weighted by Gasteiger charge is -2.41. The van der Waals surface area contributed by atoms with E-state index in [1.807, 2.05) is 84.9 Å².